The Morgan fingerprint density at radius 1 is 1.03 bits per heavy atom. The molecule has 1 fully saturated rings. The monoisotopic (exact) mass is 471 g/mol. The molecule has 0 spiro atoms. The molecule has 1 aliphatic rings. The van der Waals surface area contributed by atoms with E-state index in [0.717, 1.165) is 31.7 Å². The molecule has 1 aliphatic heterocycles. The number of benzene rings is 2. The SMILES string of the molecule is Cc1nn(-c2ccccc2)c2ncn(CC3(O)CCN(CC[C@@H](C)c4ccccc4)CC3)c(=O)c12. The maximum atomic E-state index is 13.3. The molecule has 182 valence electrons. The number of hydrogen-bond donors (Lipinski definition) is 1. The van der Waals surface area contributed by atoms with Crippen LogP contribution in [0.1, 0.15) is 43.4 Å². The van der Waals surface area contributed by atoms with Crippen LogP contribution in [0.25, 0.3) is 16.7 Å². The molecule has 5 rings (SSSR count). The number of hydrogen-bond acceptors (Lipinski definition) is 5. The first-order valence-corrected chi connectivity index (χ1v) is 12.4. The van der Waals surface area contributed by atoms with Crippen molar-refractivity contribution in [1.82, 2.24) is 24.2 Å². The molecule has 1 saturated heterocycles. The number of aromatic nitrogens is 4. The Kier molecular flexibility index (Phi) is 6.54. The predicted octanol–water partition coefficient (Wildman–Crippen LogP) is 3.91. The van der Waals surface area contributed by atoms with Crippen molar-refractivity contribution in [3.05, 3.63) is 88.6 Å². The van der Waals surface area contributed by atoms with Crippen molar-refractivity contribution in [3.8, 4) is 5.69 Å². The van der Waals surface area contributed by atoms with Gasteiger partial charge in [-0.2, -0.15) is 5.10 Å². The quantitative estimate of drug-likeness (QED) is 0.442. The van der Waals surface area contributed by atoms with Crippen molar-refractivity contribution in [2.75, 3.05) is 19.6 Å². The summed E-state index contributed by atoms with van der Waals surface area (Å²) in [7, 11) is 0. The number of aryl methyl sites for hydroxylation is 1. The molecule has 0 saturated carbocycles. The van der Waals surface area contributed by atoms with Crippen molar-refractivity contribution < 1.29 is 5.11 Å². The van der Waals surface area contributed by atoms with E-state index in [1.807, 2.05) is 37.3 Å². The molecular weight excluding hydrogens is 438 g/mol. The van der Waals surface area contributed by atoms with Crippen LogP contribution in [0.4, 0.5) is 0 Å². The highest BCUT2D eigenvalue weighted by Gasteiger charge is 2.33. The van der Waals surface area contributed by atoms with Gasteiger partial charge < -0.3 is 10.0 Å². The van der Waals surface area contributed by atoms with Gasteiger partial charge in [-0.25, -0.2) is 9.67 Å². The molecule has 0 radical (unpaired) electrons. The lowest BCUT2D eigenvalue weighted by Gasteiger charge is -2.38. The Morgan fingerprint density at radius 3 is 2.37 bits per heavy atom. The Balaban J connectivity index is 1.25. The molecule has 1 atom stereocenters. The molecular formula is C28H33N5O2. The first-order valence-electron chi connectivity index (χ1n) is 12.4. The van der Waals surface area contributed by atoms with Gasteiger partial charge in [0.25, 0.3) is 5.56 Å². The van der Waals surface area contributed by atoms with Crippen molar-refractivity contribution in [1.29, 1.82) is 0 Å². The van der Waals surface area contributed by atoms with E-state index in [-0.39, 0.29) is 12.1 Å². The predicted molar refractivity (Wildman–Crippen MR) is 138 cm³/mol. The van der Waals surface area contributed by atoms with Crippen LogP contribution in [0.5, 0.6) is 0 Å². The first-order chi connectivity index (χ1) is 16.9. The Hall–Kier alpha value is -3.29. The van der Waals surface area contributed by atoms with Gasteiger partial charge in [-0.15, -0.1) is 0 Å². The van der Waals surface area contributed by atoms with Gasteiger partial charge in [0.15, 0.2) is 5.65 Å². The Morgan fingerprint density at radius 2 is 1.69 bits per heavy atom. The smallest absolute Gasteiger partial charge is 0.264 e. The lowest BCUT2D eigenvalue weighted by atomic mass is 9.90. The summed E-state index contributed by atoms with van der Waals surface area (Å²) in [6, 6.07) is 20.3. The van der Waals surface area contributed by atoms with E-state index in [1.165, 1.54) is 5.56 Å². The minimum atomic E-state index is -0.913. The summed E-state index contributed by atoms with van der Waals surface area (Å²) in [4.78, 5) is 20.3. The summed E-state index contributed by atoms with van der Waals surface area (Å²) in [5.74, 6) is 0.508. The van der Waals surface area contributed by atoms with Crippen molar-refractivity contribution in [3.63, 3.8) is 0 Å². The molecule has 4 aromatic rings. The van der Waals surface area contributed by atoms with Crippen LogP contribution in [0.3, 0.4) is 0 Å². The van der Waals surface area contributed by atoms with Crippen LogP contribution in [0, 0.1) is 6.92 Å². The van der Waals surface area contributed by atoms with Gasteiger partial charge >= 0.3 is 0 Å². The highest BCUT2D eigenvalue weighted by Crippen LogP contribution is 2.26. The molecule has 0 unspecified atom stereocenters. The summed E-state index contributed by atoms with van der Waals surface area (Å²) in [5, 5.41) is 16.4. The molecule has 2 aromatic carbocycles. The summed E-state index contributed by atoms with van der Waals surface area (Å²) in [6.45, 7) is 7.02. The number of fused-ring (bicyclic) bond motifs is 1. The minimum Gasteiger partial charge on any atom is -0.388 e. The molecule has 1 N–H and O–H groups in total. The average Bonchev–Trinajstić information content (AvgIpc) is 3.23. The van der Waals surface area contributed by atoms with E-state index >= 15 is 0 Å². The number of likely N-dealkylation sites (tertiary alicyclic amines) is 1. The molecule has 2 aromatic heterocycles. The highest BCUT2D eigenvalue weighted by atomic mass is 16.3. The minimum absolute atomic E-state index is 0.151. The van der Waals surface area contributed by atoms with Gasteiger partial charge in [-0.05, 0) is 56.3 Å². The van der Waals surface area contributed by atoms with E-state index in [4.69, 9.17) is 0 Å². The van der Waals surface area contributed by atoms with Gasteiger partial charge in [0.05, 0.1) is 23.5 Å². The van der Waals surface area contributed by atoms with E-state index in [0.29, 0.717) is 35.5 Å². The lowest BCUT2D eigenvalue weighted by molar-refractivity contribution is -0.0351. The van der Waals surface area contributed by atoms with Gasteiger partial charge in [0, 0.05) is 13.1 Å². The fraction of sp³-hybridized carbons (Fsp3) is 0.393. The number of rotatable bonds is 7. The second-order valence-electron chi connectivity index (χ2n) is 9.88. The maximum Gasteiger partial charge on any atom is 0.264 e. The molecule has 35 heavy (non-hydrogen) atoms. The summed E-state index contributed by atoms with van der Waals surface area (Å²) >= 11 is 0. The standard InChI is InChI=1S/C28H33N5O2/c1-21(23-9-5-3-6-10-23)13-16-31-17-14-28(35,15-18-31)19-32-20-29-26-25(27(32)34)22(2)30-33(26)24-11-7-4-8-12-24/h3-12,20-21,35H,13-19H2,1-2H3/t21-/m1/s1. The van der Waals surface area contributed by atoms with Gasteiger partial charge in [0.1, 0.15) is 11.7 Å². The van der Waals surface area contributed by atoms with E-state index < -0.39 is 5.60 Å². The third-order valence-electron chi connectivity index (χ3n) is 7.33. The summed E-state index contributed by atoms with van der Waals surface area (Å²) in [5.41, 5.74) is 2.36. The molecule has 7 heteroatoms. The van der Waals surface area contributed by atoms with Crippen LogP contribution in [0.2, 0.25) is 0 Å². The van der Waals surface area contributed by atoms with E-state index in [1.54, 1.807) is 15.6 Å². The van der Waals surface area contributed by atoms with Gasteiger partial charge in [0.2, 0.25) is 0 Å². The largest absolute Gasteiger partial charge is 0.388 e. The number of aliphatic hydroxyl groups is 1. The van der Waals surface area contributed by atoms with Crippen molar-refractivity contribution in [2.45, 2.75) is 51.2 Å². The van der Waals surface area contributed by atoms with E-state index in [9.17, 15) is 9.90 Å². The zero-order chi connectivity index (χ0) is 24.4. The fourth-order valence-corrected chi connectivity index (χ4v) is 5.06. The number of nitrogens with zero attached hydrogens (tertiary/aromatic N) is 5. The van der Waals surface area contributed by atoms with Crippen LogP contribution in [0.15, 0.2) is 71.8 Å². The molecule has 0 bridgehead atoms. The third-order valence-corrected chi connectivity index (χ3v) is 7.33. The van der Waals surface area contributed by atoms with Gasteiger partial charge in [-0.1, -0.05) is 55.5 Å². The zero-order valence-electron chi connectivity index (χ0n) is 20.5. The number of piperidine rings is 1. The van der Waals surface area contributed by atoms with Gasteiger partial charge in [-0.3, -0.25) is 9.36 Å². The fourth-order valence-electron chi connectivity index (χ4n) is 5.06. The summed E-state index contributed by atoms with van der Waals surface area (Å²) in [6.07, 6.45) is 3.92. The van der Waals surface area contributed by atoms with Crippen LogP contribution in [-0.4, -0.2) is 54.6 Å². The first kappa shape index (κ1) is 23.5. The van der Waals surface area contributed by atoms with Crippen LogP contribution in [-0.2, 0) is 6.54 Å². The highest BCUT2D eigenvalue weighted by molar-refractivity contribution is 5.78. The lowest BCUT2D eigenvalue weighted by Crippen LogP contribution is -2.48. The topological polar surface area (TPSA) is 76.2 Å². The maximum absolute atomic E-state index is 13.3. The van der Waals surface area contributed by atoms with Crippen LogP contribution < -0.4 is 5.56 Å². The second kappa shape index (κ2) is 9.76. The normalized spacial score (nSPS) is 17.0. The van der Waals surface area contributed by atoms with E-state index in [2.05, 4.69) is 52.2 Å². The average molecular weight is 472 g/mol. The zero-order valence-corrected chi connectivity index (χ0v) is 20.5. The van der Waals surface area contributed by atoms with Crippen molar-refractivity contribution >= 4 is 11.0 Å². The third kappa shape index (κ3) is 4.92. The van der Waals surface area contributed by atoms with Crippen LogP contribution >= 0.6 is 0 Å². The molecule has 3 heterocycles. The molecule has 0 aliphatic carbocycles. The molecule has 0 amide bonds. The number of para-hydroxylation sites is 1. The summed E-state index contributed by atoms with van der Waals surface area (Å²) < 4.78 is 3.26. The Bertz CT molecular complexity index is 1340. The second-order valence-corrected chi connectivity index (χ2v) is 9.88. The van der Waals surface area contributed by atoms with Crippen molar-refractivity contribution in [2.24, 2.45) is 0 Å². The Labute approximate surface area is 205 Å². The molecule has 7 nitrogen and oxygen atoms in total.